The Labute approximate surface area is 181 Å². The molecule has 0 unspecified atom stereocenters. The number of amidine groups is 1. The highest BCUT2D eigenvalue weighted by molar-refractivity contribution is 5.77. The van der Waals surface area contributed by atoms with Gasteiger partial charge in [-0.25, -0.2) is 9.98 Å². The molecule has 2 aromatic heterocycles. The second-order valence-electron chi connectivity index (χ2n) is 8.73. The minimum atomic E-state index is -0.836. The molecule has 0 fully saturated rings. The number of pyridine rings is 2. The van der Waals surface area contributed by atoms with Crippen molar-refractivity contribution < 1.29 is 9.47 Å². The maximum atomic E-state index is 6.15. The van der Waals surface area contributed by atoms with E-state index in [0.717, 1.165) is 27.8 Å². The molecule has 2 aliphatic heterocycles. The third kappa shape index (κ3) is 3.38. The minimum absolute atomic E-state index is 0.117. The lowest BCUT2D eigenvalue weighted by Gasteiger charge is -2.33. The molecule has 0 radical (unpaired) electrons. The van der Waals surface area contributed by atoms with Gasteiger partial charge in [0.05, 0.1) is 5.56 Å². The predicted octanol–water partition coefficient (Wildman–Crippen LogP) is 4.24. The van der Waals surface area contributed by atoms with Gasteiger partial charge in [0, 0.05) is 40.7 Å². The fourth-order valence-electron chi connectivity index (χ4n) is 3.77. The summed E-state index contributed by atoms with van der Waals surface area (Å²) in [6, 6.07) is 12.1. The molecular formula is C25H22N4O2. The van der Waals surface area contributed by atoms with Crippen LogP contribution in [0.3, 0.4) is 0 Å². The molecule has 2 aliphatic rings. The van der Waals surface area contributed by atoms with Crippen LogP contribution in [0.25, 0.3) is 11.1 Å². The van der Waals surface area contributed by atoms with Crippen LogP contribution in [0.15, 0.2) is 60.0 Å². The maximum absolute atomic E-state index is 6.15. The fraction of sp³-hybridized carbons (Fsp3) is 0.240. The number of aliphatic imine (C=N–C) groups is 1. The summed E-state index contributed by atoms with van der Waals surface area (Å²) < 4.78 is 11.8. The smallest absolute Gasteiger partial charge is 0.283 e. The molecular weight excluding hydrogens is 388 g/mol. The van der Waals surface area contributed by atoms with Crippen LogP contribution in [-0.2, 0) is 10.3 Å². The van der Waals surface area contributed by atoms with E-state index in [1.807, 2.05) is 36.5 Å². The Bertz CT molecular complexity index is 1270. The Morgan fingerprint density at radius 1 is 1.06 bits per heavy atom. The van der Waals surface area contributed by atoms with Gasteiger partial charge < -0.3 is 15.2 Å². The Morgan fingerprint density at radius 2 is 1.94 bits per heavy atom. The number of aromatic nitrogens is 2. The molecule has 1 spiro atoms. The summed E-state index contributed by atoms with van der Waals surface area (Å²) in [6.45, 7) is 6.49. The summed E-state index contributed by atoms with van der Waals surface area (Å²) in [7, 11) is 0. The summed E-state index contributed by atoms with van der Waals surface area (Å²) in [5.74, 6) is 7.64. The van der Waals surface area contributed by atoms with Crippen molar-refractivity contribution in [3.63, 3.8) is 0 Å². The molecule has 0 aliphatic carbocycles. The largest absolute Gasteiger partial charge is 0.462 e. The van der Waals surface area contributed by atoms with E-state index in [1.54, 1.807) is 12.4 Å². The first-order chi connectivity index (χ1) is 14.8. The number of nitrogens with two attached hydrogens (primary N) is 1. The van der Waals surface area contributed by atoms with Crippen molar-refractivity contribution in [1.29, 1.82) is 0 Å². The monoisotopic (exact) mass is 410 g/mol. The molecule has 4 heterocycles. The molecule has 0 saturated carbocycles. The SMILES string of the molecule is CC(C)(C)C#Cc1cnc2c(c1)[C@@]1(COC(N)=N1)c1cc(-c3cccnc3)ccc1O2. The highest BCUT2D eigenvalue weighted by atomic mass is 16.5. The van der Waals surface area contributed by atoms with Crippen LogP contribution >= 0.6 is 0 Å². The van der Waals surface area contributed by atoms with Crippen LogP contribution in [0.5, 0.6) is 11.6 Å². The van der Waals surface area contributed by atoms with Crippen molar-refractivity contribution in [2.24, 2.45) is 16.1 Å². The van der Waals surface area contributed by atoms with E-state index in [9.17, 15) is 0 Å². The average molecular weight is 410 g/mol. The van der Waals surface area contributed by atoms with Gasteiger partial charge in [0.1, 0.15) is 12.4 Å². The second-order valence-corrected chi connectivity index (χ2v) is 8.73. The van der Waals surface area contributed by atoms with Crippen molar-refractivity contribution in [3.8, 4) is 34.6 Å². The molecule has 2 N–H and O–H groups in total. The standard InChI is InChI=1S/C25H22N4O2/c1-24(2,3)9-8-16-11-20-22(28-13-16)31-21-7-6-17(18-5-4-10-27-14-18)12-19(21)25(20)15-30-23(26)29-25/h4-7,10-14H,15H2,1-3H3,(H2,26,29)/t25-/m1/s1. The Kier molecular flexibility index (Phi) is 4.23. The van der Waals surface area contributed by atoms with Crippen LogP contribution in [-0.4, -0.2) is 22.6 Å². The van der Waals surface area contributed by atoms with Crippen molar-refractivity contribution >= 4 is 6.02 Å². The normalized spacial score (nSPS) is 18.7. The van der Waals surface area contributed by atoms with Crippen molar-refractivity contribution in [3.05, 3.63) is 71.7 Å². The molecule has 0 bridgehead atoms. The molecule has 31 heavy (non-hydrogen) atoms. The Morgan fingerprint density at radius 3 is 2.65 bits per heavy atom. The lowest BCUT2D eigenvalue weighted by atomic mass is 9.81. The minimum Gasteiger partial charge on any atom is -0.462 e. The summed E-state index contributed by atoms with van der Waals surface area (Å²) in [5, 5.41) is 0. The summed E-state index contributed by atoms with van der Waals surface area (Å²) in [4.78, 5) is 13.5. The van der Waals surface area contributed by atoms with Gasteiger partial charge in [-0.15, -0.1) is 0 Å². The molecule has 5 rings (SSSR count). The van der Waals surface area contributed by atoms with Crippen LogP contribution in [0.1, 0.15) is 37.5 Å². The molecule has 0 saturated heterocycles. The fourth-order valence-corrected chi connectivity index (χ4v) is 3.77. The van der Waals surface area contributed by atoms with E-state index in [0.29, 0.717) is 11.6 Å². The molecule has 1 aromatic carbocycles. The predicted molar refractivity (Wildman–Crippen MR) is 119 cm³/mol. The molecule has 6 heteroatoms. The van der Waals surface area contributed by atoms with Crippen LogP contribution in [0.2, 0.25) is 0 Å². The summed E-state index contributed by atoms with van der Waals surface area (Å²) in [5.41, 5.74) is 9.52. The average Bonchev–Trinajstić information content (AvgIpc) is 3.15. The first kappa shape index (κ1) is 19.1. The van der Waals surface area contributed by atoms with Crippen LogP contribution in [0, 0.1) is 17.3 Å². The summed E-state index contributed by atoms with van der Waals surface area (Å²) in [6.07, 6.45) is 5.31. The number of fused-ring (bicyclic) bond motifs is 4. The number of hydrogen-bond donors (Lipinski definition) is 1. The quantitative estimate of drug-likeness (QED) is 0.607. The van der Waals surface area contributed by atoms with Gasteiger partial charge in [-0.3, -0.25) is 4.98 Å². The zero-order valence-corrected chi connectivity index (χ0v) is 17.6. The van der Waals surface area contributed by atoms with E-state index in [-0.39, 0.29) is 18.0 Å². The molecule has 1 atom stereocenters. The van der Waals surface area contributed by atoms with Gasteiger partial charge in [0.25, 0.3) is 6.02 Å². The number of nitrogens with zero attached hydrogens (tertiary/aromatic N) is 3. The van der Waals surface area contributed by atoms with Crippen LogP contribution in [0.4, 0.5) is 0 Å². The van der Waals surface area contributed by atoms with Crippen molar-refractivity contribution in [2.45, 2.75) is 26.3 Å². The molecule has 0 amide bonds. The zero-order valence-electron chi connectivity index (χ0n) is 17.6. The maximum Gasteiger partial charge on any atom is 0.283 e. The highest BCUT2D eigenvalue weighted by Crippen LogP contribution is 2.51. The van der Waals surface area contributed by atoms with E-state index >= 15 is 0 Å². The first-order valence-corrected chi connectivity index (χ1v) is 10.1. The zero-order chi connectivity index (χ0) is 21.6. The lowest BCUT2D eigenvalue weighted by molar-refractivity contribution is 0.262. The van der Waals surface area contributed by atoms with E-state index in [1.165, 1.54) is 0 Å². The van der Waals surface area contributed by atoms with Crippen molar-refractivity contribution in [2.75, 3.05) is 6.61 Å². The van der Waals surface area contributed by atoms with Gasteiger partial charge in [0.15, 0.2) is 5.54 Å². The first-order valence-electron chi connectivity index (χ1n) is 10.1. The van der Waals surface area contributed by atoms with E-state index in [4.69, 9.17) is 20.2 Å². The van der Waals surface area contributed by atoms with Crippen LogP contribution < -0.4 is 10.5 Å². The second kappa shape index (κ2) is 6.85. The topological polar surface area (TPSA) is 82.6 Å². The van der Waals surface area contributed by atoms with Gasteiger partial charge in [-0.05, 0) is 50.6 Å². The van der Waals surface area contributed by atoms with Crippen molar-refractivity contribution in [1.82, 2.24) is 9.97 Å². The molecule has 6 nitrogen and oxygen atoms in total. The van der Waals surface area contributed by atoms with Gasteiger partial charge in [-0.2, -0.15) is 0 Å². The van der Waals surface area contributed by atoms with Gasteiger partial charge >= 0.3 is 0 Å². The van der Waals surface area contributed by atoms with E-state index < -0.39 is 5.54 Å². The van der Waals surface area contributed by atoms with Gasteiger partial charge in [-0.1, -0.05) is 24.0 Å². The third-order valence-corrected chi connectivity index (χ3v) is 5.24. The van der Waals surface area contributed by atoms with E-state index in [2.05, 4.69) is 48.6 Å². The van der Waals surface area contributed by atoms with Gasteiger partial charge in [0.2, 0.25) is 5.88 Å². The number of ether oxygens (including phenoxy) is 2. The summed E-state index contributed by atoms with van der Waals surface area (Å²) >= 11 is 0. The molecule has 154 valence electrons. The molecule has 3 aromatic rings. The number of rotatable bonds is 1. The Hall–Kier alpha value is -3.85. The number of hydrogen-bond acceptors (Lipinski definition) is 6. The highest BCUT2D eigenvalue weighted by Gasteiger charge is 2.47. The Balaban J connectivity index is 1.69. The number of benzene rings is 1. The lowest BCUT2D eigenvalue weighted by Crippen LogP contribution is -2.31. The third-order valence-electron chi connectivity index (χ3n) is 5.24.